The molecule has 1 atom stereocenters. The lowest BCUT2D eigenvalue weighted by Crippen LogP contribution is -2.52. The molecule has 0 amide bonds. The van der Waals surface area contributed by atoms with E-state index < -0.39 is 0 Å². The minimum absolute atomic E-state index is 0.218. The first-order valence-corrected chi connectivity index (χ1v) is 9.55. The third-order valence-corrected chi connectivity index (χ3v) is 5.24. The standard InChI is InChI=1S/C22H30N2O3/c1-26-21-8-6-18(7-9-21)15-23-11-12-24(20(17-23)10-13-25)16-19-4-3-5-22(14-19)27-2/h3-9,14,20,25H,10-13,15-17H2,1-2H3/t20-/m0/s1. The maximum atomic E-state index is 9.54. The summed E-state index contributed by atoms with van der Waals surface area (Å²) >= 11 is 0. The lowest BCUT2D eigenvalue weighted by Gasteiger charge is -2.41. The number of benzene rings is 2. The van der Waals surface area contributed by atoms with Crippen LogP contribution in [0.25, 0.3) is 0 Å². The fraction of sp³-hybridized carbons (Fsp3) is 0.455. The van der Waals surface area contributed by atoms with E-state index in [4.69, 9.17) is 9.47 Å². The summed E-state index contributed by atoms with van der Waals surface area (Å²) in [7, 11) is 3.39. The van der Waals surface area contributed by atoms with E-state index >= 15 is 0 Å². The first-order valence-electron chi connectivity index (χ1n) is 9.55. The molecule has 0 radical (unpaired) electrons. The molecule has 0 aliphatic carbocycles. The molecule has 1 aliphatic heterocycles. The normalized spacial score (nSPS) is 18.4. The molecule has 27 heavy (non-hydrogen) atoms. The van der Waals surface area contributed by atoms with Crippen molar-refractivity contribution in [3.05, 3.63) is 59.7 Å². The summed E-state index contributed by atoms with van der Waals surface area (Å²) in [5.74, 6) is 1.78. The average Bonchev–Trinajstić information content (AvgIpc) is 2.71. The van der Waals surface area contributed by atoms with Gasteiger partial charge >= 0.3 is 0 Å². The minimum Gasteiger partial charge on any atom is -0.497 e. The Kier molecular flexibility index (Phi) is 7.10. The topological polar surface area (TPSA) is 45.2 Å². The molecule has 2 aromatic rings. The molecule has 0 unspecified atom stereocenters. The third kappa shape index (κ3) is 5.45. The lowest BCUT2D eigenvalue weighted by molar-refractivity contribution is 0.0499. The van der Waals surface area contributed by atoms with Gasteiger partial charge in [0.05, 0.1) is 14.2 Å². The molecule has 1 saturated heterocycles. The Hall–Kier alpha value is -2.08. The number of hydrogen-bond acceptors (Lipinski definition) is 5. The molecule has 146 valence electrons. The molecule has 0 aromatic heterocycles. The van der Waals surface area contributed by atoms with E-state index in [-0.39, 0.29) is 6.61 Å². The van der Waals surface area contributed by atoms with Crippen molar-refractivity contribution in [2.45, 2.75) is 25.6 Å². The molecule has 5 heteroatoms. The zero-order valence-electron chi connectivity index (χ0n) is 16.3. The van der Waals surface area contributed by atoms with Crippen LogP contribution >= 0.6 is 0 Å². The average molecular weight is 370 g/mol. The number of nitrogens with zero attached hydrogens (tertiary/aromatic N) is 2. The smallest absolute Gasteiger partial charge is 0.119 e. The van der Waals surface area contributed by atoms with Crippen LogP contribution < -0.4 is 9.47 Å². The molecule has 1 heterocycles. The number of ether oxygens (including phenoxy) is 2. The van der Waals surface area contributed by atoms with Crippen LogP contribution in [-0.4, -0.2) is 61.4 Å². The largest absolute Gasteiger partial charge is 0.497 e. The summed E-state index contributed by atoms with van der Waals surface area (Å²) in [6.45, 7) is 5.03. The highest BCUT2D eigenvalue weighted by atomic mass is 16.5. The highest BCUT2D eigenvalue weighted by Crippen LogP contribution is 2.21. The Morgan fingerprint density at radius 3 is 2.41 bits per heavy atom. The van der Waals surface area contributed by atoms with Crippen molar-refractivity contribution < 1.29 is 14.6 Å². The third-order valence-electron chi connectivity index (χ3n) is 5.24. The van der Waals surface area contributed by atoms with Gasteiger partial charge < -0.3 is 14.6 Å². The van der Waals surface area contributed by atoms with E-state index in [9.17, 15) is 5.11 Å². The van der Waals surface area contributed by atoms with Gasteiger partial charge in [-0.05, 0) is 41.8 Å². The predicted molar refractivity (Wildman–Crippen MR) is 107 cm³/mol. The fourth-order valence-corrected chi connectivity index (χ4v) is 3.73. The van der Waals surface area contributed by atoms with Crippen LogP contribution in [0.1, 0.15) is 17.5 Å². The molecule has 0 bridgehead atoms. The number of methoxy groups -OCH3 is 2. The highest BCUT2D eigenvalue weighted by Gasteiger charge is 2.26. The van der Waals surface area contributed by atoms with E-state index in [0.29, 0.717) is 6.04 Å². The molecular formula is C22H30N2O3. The lowest BCUT2D eigenvalue weighted by atomic mass is 10.1. The van der Waals surface area contributed by atoms with Crippen molar-refractivity contribution in [1.29, 1.82) is 0 Å². The van der Waals surface area contributed by atoms with Crippen molar-refractivity contribution in [3.63, 3.8) is 0 Å². The van der Waals surface area contributed by atoms with Gasteiger partial charge in [-0.2, -0.15) is 0 Å². The summed E-state index contributed by atoms with van der Waals surface area (Å²) in [6.07, 6.45) is 0.795. The van der Waals surface area contributed by atoms with Gasteiger partial charge in [-0.25, -0.2) is 0 Å². The van der Waals surface area contributed by atoms with Crippen LogP contribution in [0.3, 0.4) is 0 Å². The summed E-state index contributed by atoms with van der Waals surface area (Å²) < 4.78 is 10.6. The van der Waals surface area contributed by atoms with Crippen molar-refractivity contribution >= 4 is 0 Å². The first kappa shape index (κ1) is 19.7. The van der Waals surface area contributed by atoms with E-state index in [0.717, 1.165) is 50.6 Å². The van der Waals surface area contributed by atoms with Crippen LogP contribution in [0.2, 0.25) is 0 Å². The highest BCUT2D eigenvalue weighted by molar-refractivity contribution is 5.29. The molecule has 0 saturated carbocycles. The molecule has 1 fully saturated rings. The zero-order valence-corrected chi connectivity index (χ0v) is 16.3. The fourth-order valence-electron chi connectivity index (χ4n) is 3.73. The summed E-state index contributed by atoms with van der Waals surface area (Å²) in [5, 5.41) is 9.54. The maximum absolute atomic E-state index is 9.54. The van der Waals surface area contributed by atoms with Gasteiger partial charge in [0.25, 0.3) is 0 Å². The van der Waals surface area contributed by atoms with Gasteiger partial charge in [0.15, 0.2) is 0 Å². The van der Waals surface area contributed by atoms with Gasteiger partial charge in [0.1, 0.15) is 11.5 Å². The molecule has 5 nitrogen and oxygen atoms in total. The molecule has 0 spiro atoms. The van der Waals surface area contributed by atoms with Gasteiger partial charge in [0.2, 0.25) is 0 Å². The van der Waals surface area contributed by atoms with Crippen molar-refractivity contribution in [3.8, 4) is 11.5 Å². The van der Waals surface area contributed by atoms with Gasteiger partial charge in [-0.15, -0.1) is 0 Å². The second kappa shape index (κ2) is 9.74. The summed E-state index contributed by atoms with van der Waals surface area (Å²) in [5.41, 5.74) is 2.54. The second-order valence-corrected chi connectivity index (χ2v) is 7.07. The Balaban J connectivity index is 1.61. The zero-order chi connectivity index (χ0) is 19.1. The van der Waals surface area contributed by atoms with E-state index in [1.165, 1.54) is 11.1 Å². The van der Waals surface area contributed by atoms with Crippen LogP contribution in [0.15, 0.2) is 48.5 Å². The Bertz CT molecular complexity index is 705. The maximum Gasteiger partial charge on any atom is 0.119 e. The number of rotatable bonds is 8. The quantitative estimate of drug-likeness (QED) is 0.774. The molecule has 2 aromatic carbocycles. The second-order valence-electron chi connectivity index (χ2n) is 7.07. The monoisotopic (exact) mass is 370 g/mol. The van der Waals surface area contributed by atoms with Gasteiger partial charge in [-0.3, -0.25) is 9.80 Å². The SMILES string of the molecule is COc1ccc(CN2CCN(Cc3cccc(OC)c3)[C@@H](CCO)C2)cc1. The Morgan fingerprint density at radius 2 is 1.70 bits per heavy atom. The van der Waals surface area contributed by atoms with E-state index in [1.54, 1.807) is 14.2 Å². The van der Waals surface area contributed by atoms with Crippen molar-refractivity contribution in [1.82, 2.24) is 9.80 Å². The number of piperazine rings is 1. The molecule has 3 rings (SSSR count). The predicted octanol–water partition coefficient (Wildman–Crippen LogP) is 2.77. The molecule has 1 aliphatic rings. The Morgan fingerprint density at radius 1 is 0.926 bits per heavy atom. The van der Waals surface area contributed by atoms with Crippen molar-refractivity contribution in [2.75, 3.05) is 40.5 Å². The molecular weight excluding hydrogens is 340 g/mol. The van der Waals surface area contributed by atoms with Crippen LogP contribution in [0, 0.1) is 0 Å². The van der Waals surface area contributed by atoms with Crippen molar-refractivity contribution in [2.24, 2.45) is 0 Å². The van der Waals surface area contributed by atoms with E-state index in [1.807, 2.05) is 24.3 Å². The van der Waals surface area contributed by atoms with Gasteiger partial charge in [-0.1, -0.05) is 24.3 Å². The number of aliphatic hydroxyl groups is 1. The summed E-state index contributed by atoms with van der Waals surface area (Å²) in [4.78, 5) is 4.96. The first-order chi connectivity index (χ1) is 13.2. The summed E-state index contributed by atoms with van der Waals surface area (Å²) in [6, 6.07) is 16.9. The van der Waals surface area contributed by atoms with Gasteiger partial charge in [0, 0.05) is 45.4 Å². The van der Waals surface area contributed by atoms with E-state index in [2.05, 4.69) is 34.1 Å². The van der Waals surface area contributed by atoms with Crippen LogP contribution in [0.5, 0.6) is 11.5 Å². The number of aliphatic hydroxyl groups excluding tert-OH is 1. The van der Waals surface area contributed by atoms with Crippen LogP contribution in [-0.2, 0) is 13.1 Å². The Labute approximate surface area is 162 Å². The molecule has 1 N–H and O–H groups in total. The number of hydrogen-bond donors (Lipinski definition) is 1. The minimum atomic E-state index is 0.218. The van der Waals surface area contributed by atoms with Crippen LogP contribution in [0.4, 0.5) is 0 Å².